The molecule has 0 saturated carbocycles. The number of nitrogens with two attached hydrogens (primary N) is 1. The standard InChI is InChI=1S/C6H7ClN2/c7-6-3-1-2-5(8)4-9-6/h2-4H,1,8H2. The van der Waals surface area contributed by atoms with E-state index in [9.17, 15) is 0 Å². The average molecular weight is 143 g/mol. The summed E-state index contributed by atoms with van der Waals surface area (Å²) in [7, 11) is 0. The summed E-state index contributed by atoms with van der Waals surface area (Å²) in [6.07, 6.45) is 5.98. The van der Waals surface area contributed by atoms with E-state index in [1.54, 1.807) is 12.3 Å². The fourth-order valence-corrected chi connectivity index (χ4v) is 0.672. The number of rotatable bonds is 0. The van der Waals surface area contributed by atoms with Gasteiger partial charge in [-0.15, -0.1) is 0 Å². The highest BCUT2D eigenvalue weighted by Gasteiger charge is 1.90. The zero-order chi connectivity index (χ0) is 6.69. The fourth-order valence-electron chi connectivity index (χ4n) is 0.534. The van der Waals surface area contributed by atoms with E-state index in [1.165, 1.54) is 0 Å². The van der Waals surface area contributed by atoms with E-state index in [2.05, 4.69) is 4.99 Å². The fraction of sp³-hybridized carbons (Fsp3) is 0.167. The van der Waals surface area contributed by atoms with Gasteiger partial charge in [0.25, 0.3) is 0 Å². The van der Waals surface area contributed by atoms with Crippen molar-refractivity contribution >= 4 is 17.8 Å². The third-order valence-corrected chi connectivity index (χ3v) is 1.23. The van der Waals surface area contributed by atoms with E-state index in [-0.39, 0.29) is 0 Å². The van der Waals surface area contributed by atoms with Crippen LogP contribution in [-0.4, -0.2) is 6.21 Å². The maximum absolute atomic E-state index is 5.56. The molecule has 0 aliphatic carbocycles. The second-order valence-corrected chi connectivity index (χ2v) is 2.11. The van der Waals surface area contributed by atoms with Crippen LogP contribution in [0, 0.1) is 0 Å². The minimum absolute atomic E-state index is 0.506. The van der Waals surface area contributed by atoms with Gasteiger partial charge in [0, 0.05) is 5.70 Å². The highest BCUT2D eigenvalue weighted by Crippen LogP contribution is 2.07. The number of halogens is 1. The summed E-state index contributed by atoms with van der Waals surface area (Å²) in [5.41, 5.74) is 6.09. The first-order valence-corrected chi connectivity index (χ1v) is 3.02. The maximum atomic E-state index is 5.56. The Labute approximate surface area is 58.7 Å². The van der Waals surface area contributed by atoms with Crippen molar-refractivity contribution in [1.29, 1.82) is 0 Å². The van der Waals surface area contributed by atoms with Crippen molar-refractivity contribution < 1.29 is 0 Å². The predicted octanol–water partition coefficient (Wildman–Crippen LogP) is 1.38. The van der Waals surface area contributed by atoms with Crippen molar-refractivity contribution in [2.75, 3.05) is 0 Å². The topological polar surface area (TPSA) is 38.4 Å². The average Bonchev–Trinajstić information content (AvgIpc) is 1.97. The number of allylic oxidation sites excluding steroid dienone is 3. The van der Waals surface area contributed by atoms with Gasteiger partial charge >= 0.3 is 0 Å². The summed E-state index contributed by atoms with van der Waals surface area (Å²) >= 11 is 5.56. The molecule has 3 heteroatoms. The lowest BCUT2D eigenvalue weighted by Crippen LogP contribution is -1.96. The van der Waals surface area contributed by atoms with E-state index in [4.69, 9.17) is 17.3 Å². The molecule has 2 nitrogen and oxygen atoms in total. The van der Waals surface area contributed by atoms with Crippen LogP contribution in [0.5, 0.6) is 0 Å². The smallest absolute Gasteiger partial charge is 0.125 e. The largest absolute Gasteiger partial charge is 0.398 e. The molecule has 9 heavy (non-hydrogen) atoms. The number of aliphatic imine (C=N–C) groups is 1. The molecule has 1 aliphatic heterocycles. The van der Waals surface area contributed by atoms with Crippen LogP contribution >= 0.6 is 11.6 Å². The van der Waals surface area contributed by atoms with Gasteiger partial charge in [-0.3, -0.25) is 0 Å². The van der Waals surface area contributed by atoms with Crippen LogP contribution in [0.1, 0.15) is 6.42 Å². The first-order chi connectivity index (χ1) is 4.29. The molecule has 0 saturated heterocycles. The molecule has 0 aromatic rings. The normalized spacial score (nSPS) is 18.3. The molecule has 0 fully saturated rings. The van der Waals surface area contributed by atoms with Crippen LogP contribution < -0.4 is 5.73 Å². The predicted molar refractivity (Wildman–Crippen MR) is 39.3 cm³/mol. The Hall–Kier alpha value is -0.760. The van der Waals surface area contributed by atoms with Crippen molar-refractivity contribution in [3.63, 3.8) is 0 Å². The van der Waals surface area contributed by atoms with Crippen LogP contribution in [0.15, 0.2) is 28.0 Å². The molecule has 0 unspecified atom stereocenters. The Morgan fingerprint density at radius 1 is 1.56 bits per heavy atom. The van der Waals surface area contributed by atoms with Gasteiger partial charge in [-0.1, -0.05) is 17.7 Å². The summed E-state index contributed by atoms with van der Waals surface area (Å²) in [6, 6.07) is 0. The number of nitrogens with zero attached hydrogens (tertiary/aromatic N) is 1. The Kier molecular flexibility index (Phi) is 1.90. The molecule has 0 atom stereocenters. The Balaban J connectivity index is 2.75. The van der Waals surface area contributed by atoms with Crippen LogP contribution in [0.3, 0.4) is 0 Å². The Morgan fingerprint density at radius 3 is 3.11 bits per heavy atom. The molecule has 0 aromatic heterocycles. The van der Waals surface area contributed by atoms with Gasteiger partial charge in [0.05, 0.1) is 6.21 Å². The van der Waals surface area contributed by atoms with Gasteiger partial charge in [-0.25, -0.2) is 4.99 Å². The van der Waals surface area contributed by atoms with E-state index >= 15 is 0 Å². The second kappa shape index (κ2) is 2.69. The minimum atomic E-state index is 0.506. The molecule has 1 aliphatic rings. The summed E-state index contributed by atoms with van der Waals surface area (Å²) in [5.74, 6) is 0. The van der Waals surface area contributed by atoms with Crippen LogP contribution in [-0.2, 0) is 0 Å². The number of hydrogen-bond acceptors (Lipinski definition) is 2. The van der Waals surface area contributed by atoms with Crippen molar-refractivity contribution in [2.24, 2.45) is 10.7 Å². The molecule has 2 N–H and O–H groups in total. The van der Waals surface area contributed by atoms with E-state index < -0.39 is 0 Å². The molecule has 0 aromatic carbocycles. The summed E-state index contributed by atoms with van der Waals surface area (Å²) in [6.45, 7) is 0. The lowest BCUT2D eigenvalue weighted by atomic mass is 10.3. The van der Waals surface area contributed by atoms with Crippen LogP contribution in [0.4, 0.5) is 0 Å². The lowest BCUT2D eigenvalue weighted by Gasteiger charge is -1.83. The van der Waals surface area contributed by atoms with Crippen molar-refractivity contribution in [1.82, 2.24) is 0 Å². The molecular formula is C6H7ClN2. The Bertz CT molecular complexity index is 171. The third-order valence-electron chi connectivity index (χ3n) is 0.977. The van der Waals surface area contributed by atoms with E-state index in [0.717, 1.165) is 6.42 Å². The quantitative estimate of drug-likeness (QED) is 0.510. The molecule has 0 spiro atoms. The highest BCUT2D eigenvalue weighted by molar-refractivity contribution is 6.29. The van der Waals surface area contributed by atoms with Gasteiger partial charge < -0.3 is 5.73 Å². The lowest BCUT2D eigenvalue weighted by molar-refractivity contribution is 1.33. The monoisotopic (exact) mass is 142 g/mol. The molecule has 0 radical (unpaired) electrons. The molecular weight excluding hydrogens is 136 g/mol. The van der Waals surface area contributed by atoms with Gasteiger partial charge in [-0.2, -0.15) is 0 Å². The van der Waals surface area contributed by atoms with Crippen LogP contribution in [0.25, 0.3) is 0 Å². The minimum Gasteiger partial charge on any atom is -0.398 e. The highest BCUT2D eigenvalue weighted by atomic mass is 35.5. The Morgan fingerprint density at radius 2 is 2.33 bits per heavy atom. The molecule has 1 heterocycles. The zero-order valence-electron chi connectivity index (χ0n) is 4.84. The molecule has 0 amide bonds. The van der Waals surface area contributed by atoms with Gasteiger partial charge in [0.2, 0.25) is 0 Å². The molecule has 1 rings (SSSR count). The van der Waals surface area contributed by atoms with E-state index in [1.807, 2.05) is 6.08 Å². The first kappa shape index (κ1) is 6.36. The number of hydrogen-bond donors (Lipinski definition) is 1. The zero-order valence-corrected chi connectivity index (χ0v) is 5.60. The first-order valence-electron chi connectivity index (χ1n) is 2.64. The van der Waals surface area contributed by atoms with Gasteiger partial charge in [0.1, 0.15) is 5.16 Å². The summed E-state index contributed by atoms with van der Waals surface area (Å²) in [5, 5.41) is 0.506. The van der Waals surface area contributed by atoms with Gasteiger partial charge in [0.15, 0.2) is 0 Å². The van der Waals surface area contributed by atoms with Crippen molar-refractivity contribution in [3.8, 4) is 0 Å². The van der Waals surface area contributed by atoms with E-state index in [0.29, 0.717) is 10.9 Å². The molecule has 48 valence electrons. The van der Waals surface area contributed by atoms with Crippen molar-refractivity contribution in [3.05, 3.63) is 23.0 Å². The second-order valence-electron chi connectivity index (χ2n) is 1.72. The van der Waals surface area contributed by atoms with Crippen molar-refractivity contribution in [2.45, 2.75) is 6.42 Å². The SMILES string of the molecule is NC1=CCC=C(Cl)N=C1. The maximum Gasteiger partial charge on any atom is 0.125 e. The third kappa shape index (κ3) is 1.90. The van der Waals surface area contributed by atoms with Gasteiger partial charge in [-0.05, 0) is 12.5 Å². The summed E-state index contributed by atoms with van der Waals surface area (Å²) in [4.78, 5) is 3.81. The summed E-state index contributed by atoms with van der Waals surface area (Å²) < 4.78 is 0. The van der Waals surface area contributed by atoms with Crippen LogP contribution in [0.2, 0.25) is 0 Å². The molecule has 0 bridgehead atoms.